The van der Waals surface area contributed by atoms with E-state index in [9.17, 15) is 22.8 Å². The molecule has 0 saturated carbocycles. The lowest BCUT2D eigenvalue weighted by atomic mass is 10.1. The van der Waals surface area contributed by atoms with Gasteiger partial charge in [0.2, 0.25) is 11.8 Å². The number of hydrogen-bond acceptors (Lipinski definition) is 6. The summed E-state index contributed by atoms with van der Waals surface area (Å²) in [6, 6.07) is 11.9. The van der Waals surface area contributed by atoms with Crippen LogP contribution < -0.4 is 16.0 Å². The Morgan fingerprint density at radius 2 is 1.74 bits per heavy atom. The van der Waals surface area contributed by atoms with Gasteiger partial charge in [0.05, 0.1) is 12.1 Å². The Hall–Kier alpha value is -2.76. The minimum atomic E-state index is -4.41. The Labute approximate surface area is 201 Å². The third kappa shape index (κ3) is 6.64. The summed E-state index contributed by atoms with van der Waals surface area (Å²) in [7, 11) is 3.88. The van der Waals surface area contributed by atoms with E-state index in [1.165, 1.54) is 24.1 Å². The zero-order chi connectivity index (χ0) is 24.9. The summed E-state index contributed by atoms with van der Waals surface area (Å²) in [5.41, 5.74) is 6.72. The number of carbonyl (C=O) groups excluding carboxylic acids is 2. The highest BCUT2D eigenvalue weighted by atomic mass is 32.2. The summed E-state index contributed by atoms with van der Waals surface area (Å²) >= 11 is 1.20. The molecular weight excluding hydrogens is 467 g/mol. The van der Waals surface area contributed by atoms with Crippen molar-refractivity contribution in [3.8, 4) is 0 Å². The first kappa shape index (κ1) is 25.9. The molecule has 0 spiro atoms. The van der Waals surface area contributed by atoms with Crippen molar-refractivity contribution in [2.75, 3.05) is 45.2 Å². The van der Waals surface area contributed by atoms with Gasteiger partial charge in [0.25, 0.3) is 0 Å². The van der Waals surface area contributed by atoms with E-state index in [0.29, 0.717) is 24.5 Å². The van der Waals surface area contributed by atoms with Crippen LogP contribution >= 0.6 is 11.9 Å². The summed E-state index contributed by atoms with van der Waals surface area (Å²) in [4.78, 5) is 29.3. The Bertz CT molecular complexity index is 984. The number of piperazine rings is 1. The fraction of sp³-hybridized carbons (Fsp3) is 0.391. The molecule has 1 aliphatic heterocycles. The van der Waals surface area contributed by atoms with Crippen molar-refractivity contribution in [3.05, 3.63) is 59.7 Å². The lowest BCUT2D eigenvalue weighted by Crippen LogP contribution is -2.58. The van der Waals surface area contributed by atoms with Crippen molar-refractivity contribution in [2.45, 2.75) is 23.7 Å². The van der Waals surface area contributed by atoms with Crippen molar-refractivity contribution >= 4 is 29.4 Å². The molecule has 1 fully saturated rings. The van der Waals surface area contributed by atoms with Crippen LogP contribution in [0.2, 0.25) is 0 Å². The molecule has 0 aliphatic carbocycles. The fourth-order valence-electron chi connectivity index (χ4n) is 3.50. The van der Waals surface area contributed by atoms with E-state index in [1.807, 2.05) is 43.3 Å². The fourth-order valence-corrected chi connectivity index (χ4v) is 4.50. The first-order valence-electron chi connectivity index (χ1n) is 10.7. The number of alkyl halides is 3. The second-order valence-electron chi connectivity index (χ2n) is 8.09. The van der Waals surface area contributed by atoms with Gasteiger partial charge < -0.3 is 20.9 Å². The van der Waals surface area contributed by atoms with Gasteiger partial charge in [0.15, 0.2) is 0 Å². The highest BCUT2D eigenvalue weighted by Gasteiger charge is 2.35. The van der Waals surface area contributed by atoms with Gasteiger partial charge in [-0.2, -0.15) is 13.2 Å². The Kier molecular flexibility index (Phi) is 8.45. The van der Waals surface area contributed by atoms with Crippen LogP contribution in [0.4, 0.5) is 18.9 Å². The largest absolute Gasteiger partial charge is 0.416 e. The molecule has 1 atom stereocenters. The molecule has 2 aromatic carbocycles. The third-order valence-corrected chi connectivity index (χ3v) is 6.64. The molecule has 1 heterocycles. The van der Waals surface area contributed by atoms with Gasteiger partial charge in [-0.25, -0.2) is 4.31 Å². The average molecular weight is 496 g/mol. The molecule has 34 heavy (non-hydrogen) atoms. The van der Waals surface area contributed by atoms with Crippen LogP contribution in [0.5, 0.6) is 0 Å². The lowest BCUT2D eigenvalue weighted by molar-refractivity contribution is -0.138. The average Bonchev–Trinajstić information content (AvgIpc) is 2.82. The van der Waals surface area contributed by atoms with Gasteiger partial charge >= 0.3 is 6.18 Å². The molecule has 0 unspecified atom stereocenters. The minimum absolute atomic E-state index is 0.148. The Balaban J connectivity index is 1.70. The van der Waals surface area contributed by atoms with E-state index < -0.39 is 17.8 Å². The highest BCUT2D eigenvalue weighted by molar-refractivity contribution is 7.97. The van der Waals surface area contributed by atoms with Crippen LogP contribution in [0.25, 0.3) is 0 Å². The molecule has 184 valence electrons. The summed E-state index contributed by atoms with van der Waals surface area (Å²) in [5, 5.41) is 2.91. The van der Waals surface area contributed by atoms with Gasteiger partial charge in [-0.1, -0.05) is 12.1 Å². The molecule has 2 aromatic rings. The second-order valence-corrected chi connectivity index (χ2v) is 9.22. The van der Waals surface area contributed by atoms with Gasteiger partial charge in [-0.3, -0.25) is 9.59 Å². The molecule has 1 saturated heterocycles. The van der Waals surface area contributed by atoms with Crippen molar-refractivity contribution in [1.29, 1.82) is 0 Å². The van der Waals surface area contributed by atoms with Crippen LogP contribution in [0.15, 0.2) is 53.4 Å². The summed E-state index contributed by atoms with van der Waals surface area (Å²) in [5.74, 6) is -0.526. The van der Waals surface area contributed by atoms with E-state index in [-0.39, 0.29) is 24.9 Å². The number of nitrogens with zero attached hydrogens (tertiary/aromatic N) is 3. The van der Waals surface area contributed by atoms with Gasteiger partial charge in [-0.15, -0.1) is 0 Å². The first-order chi connectivity index (χ1) is 16.1. The number of rotatable bonds is 7. The Morgan fingerprint density at radius 1 is 1.09 bits per heavy atom. The molecule has 11 heteroatoms. The number of benzene rings is 2. The topological polar surface area (TPSA) is 81.9 Å². The molecule has 0 aromatic heterocycles. The SMILES string of the molecule is CN(C)c1ccc(CNC(=O)[C@H]2CN(C(=O)CN)CCN2Sc2ccc(C(F)(F)F)cc2)cc1. The van der Waals surface area contributed by atoms with Crippen LogP contribution in [0.3, 0.4) is 0 Å². The predicted octanol–water partition coefficient (Wildman–Crippen LogP) is 2.57. The van der Waals surface area contributed by atoms with Crippen LogP contribution in [-0.4, -0.2) is 67.3 Å². The zero-order valence-electron chi connectivity index (χ0n) is 19.0. The summed E-state index contributed by atoms with van der Waals surface area (Å²) in [6.45, 7) is 1.05. The maximum Gasteiger partial charge on any atom is 0.416 e. The monoisotopic (exact) mass is 495 g/mol. The number of nitrogens with two attached hydrogens (primary N) is 1. The quantitative estimate of drug-likeness (QED) is 0.575. The van der Waals surface area contributed by atoms with Gasteiger partial charge in [-0.05, 0) is 53.9 Å². The maximum atomic E-state index is 13.1. The van der Waals surface area contributed by atoms with E-state index >= 15 is 0 Å². The highest BCUT2D eigenvalue weighted by Crippen LogP contribution is 2.33. The first-order valence-corrected chi connectivity index (χ1v) is 11.5. The molecular formula is C23H28F3N5O2S. The molecule has 3 N–H and O–H groups in total. The van der Waals surface area contributed by atoms with Crippen molar-refractivity contribution in [3.63, 3.8) is 0 Å². The minimum Gasteiger partial charge on any atom is -0.378 e. The molecule has 1 aliphatic rings. The van der Waals surface area contributed by atoms with Gasteiger partial charge in [0.1, 0.15) is 6.04 Å². The number of carbonyl (C=O) groups is 2. The Morgan fingerprint density at radius 3 is 2.29 bits per heavy atom. The van der Waals surface area contributed by atoms with Crippen LogP contribution in [0.1, 0.15) is 11.1 Å². The van der Waals surface area contributed by atoms with E-state index in [0.717, 1.165) is 23.4 Å². The summed E-state index contributed by atoms with van der Waals surface area (Å²) in [6.07, 6.45) is -4.41. The number of hydrogen-bond donors (Lipinski definition) is 2. The second kappa shape index (κ2) is 11.1. The normalized spacial score (nSPS) is 16.9. The predicted molar refractivity (Wildman–Crippen MR) is 126 cm³/mol. The van der Waals surface area contributed by atoms with Crippen LogP contribution in [0, 0.1) is 0 Å². The number of anilines is 1. The maximum absolute atomic E-state index is 13.1. The molecule has 0 radical (unpaired) electrons. The number of amides is 2. The lowest BCUT2D eigenvalue weighted by Gasteiger charge is -2.39. The van der Waals surface area contributed by atoms with Crippen LogP contribution in [-0.2, 0) is 22.3 Å². The number of halogens is 3. The number of nitrogens with one attached hydrogen (secondary N) is 1. The molecule has 3 rings (SSSR count). The van der Waals surface area contributed by atoms with E-state index in [2.05, 4.69) is 5.32 Å². The van der Waals surface area contributed by atoms with Gasteiger partial charge in [0, 0.05) is 50.9 Å². The summed E-state index contributed by atoms with van der Waals surface area (Å²) < 4.78 is 40.4. The smallest absolute Gasteiger partial charge is 0.378 e. The van der Waals surface area contributed by atoms with E-state index in [4.69, 9.17) is 5.73 Å². The molecule has 2 amide bonds. The molecule has 0 bridgehead atoms. The van der Waals surface area contributed by atoms with E-state index in [1.54, 1.807) is 9.21 Å². The zero-order valence-corrected chi connectivity index (χ0v) is 19.8. The van der Waals surface area contributed by atoms with Crippen molar-refractivity contribution in [1.82, 2.24) is 14.5 Å². The standard InChI is InChI=1S/C23H28F3N5O2S/c1-29(2)18-7-3-16(4-8-18)14-28-22(33)20-15-30(21(32)13-27)11-12-31(20)34-19-9-5-17(6-10-19)23(24,25)26/h3-10,20H,11-15,27H2,1-2H3,(H,28,33)/t20-/m1/s1. The molecule has 7 nitrogen and oxygen atoms in total. The van der Waals surface area contributed by atoms with Crippen molar-refractivity contribution < 1.29 is 22.8 Å². The van der Waals surface area contributed by atoms with Crippen molar-refractivity contribution in [2.24, 2.45) is 5.73 Å². The third-order valence-electron chi connectivity index (χ3n) is 5.49.